The van der Waals surface area contributed by atoms with Gasteiger partial charge < -0.3 is 15.0 Å². The Morgan fingerprint density at radius 2 is 2.00 bits per heavy atom. The molecule has 1 aromatic heterocycles. The molecule has 6 nitrogen and oxygen atoms in total. The van der Waals surface area contributed by atoms with Gasteiger partial charge in [0, 0.05) is 24.6 Å². The predicted molar refractivity (Wildman–Crippen MR) is 98.6 cm³/mol. The lowest BCUT2D eigenvalue weighted by Crippen LogP contribution is -2.43. The Labute approximate surface area is 156 Å². The molecule has 4 heterocycles. The number of hydrogen-bond donors (Lipinski definition) is 1. The van der Waals surface area contributed by atoms with Crippen molar-refractivity contribution >= 4 is 17.5 Å². The zero-order valence-electron chi connectivity index (χ0n) is 14.6. The van der Waals surface area contributed by atoms with Crippen molar-refractivity contribution in [2.24, 2.45) is 11.8 Å². The predicted octanol–water partition coefficient (Wildman–Crippen LogP) is 1.68. The third kappa shape index (κ3) is 2.48. The molecule has 0 aliphatic carbocycles. The second-order valence-electron chi connectivity index (χ2n) is 7.23. The molecule has 2 aromatic rings. The van der Waals surface area contributed by atoms with E-state index in [9.17, 15) is 9.59 Å². The largest absolute Gasteiger partial charge is 0.360 e. The van der Waals surface area contributed by atoms with Crippen molar-refractivity contribution in [2.45, 2.75) is 18.2 Å². The quantitative estimate of drug-likeness (QED) is 0.841. The average Bonchev–Trinajstić information content (AvgIpc) is 3.36. The summed E-state index contributed by atoms with van der Waals surface area (Å²) in [7, 11) is 0. The number of pyridine rings is 1. The van der Waals surface area contributed by atoms with Crippen molar-refractivity contribution in [1.29, 1.82) is 0 Å². The van der Waals surface area contributed by atoms with E-state index in [4.69, 9.17) is 4.74 Å². The van der Waals surface area contributed by atoms with Crippen LogP contribution in [0.4, 0.5) is 5.69 Å². The van der Waals surface area contributed by atoms with Crippen LogP contribution in [-0.4, -0.2) is 35.0 Å². The fraction of sp³-hybridized carbons (Fsp3) is 0.286. The highest BCUT2D eigenvalue weighted by Crippen LogP contribution is 2.52. The van der Waals surface area contributed by atoms with E-state index in [1.165, 1.54) is 0 Å². The average molecular weight is 361 g/mol. The second-order valence-corrected chi connectivity index (χ2v) is 7.23. The lowest BCUT2D eigenvalue weighted by atomic mass is 9.77. The normalized spacial score (nSPS) is 30.6. The van der Waals surface area contributed by atoms with Crippen molar-refractivity contribution in [3.05, 3.63) is 72.6 Å². The number of anilines is 1. The van der Waals surface area contributed by atoms with Gasteiger partial charge in [0.15, 0.2) is 0 Å². The monoisotopic (exact) mass is 361 g/mol. The summed E-state index contributed by atoms with van der Waals surface area (Å²) in [6.45, 7) is 0.853. The minimum atomic E-state index is -0.698. The molecule has 2 amide bonds. The molecular formula is C21H19N3O3. The Balaban J connectivity index is 1.38. The molecule has 4 atom stereocenters. The van der Waals surface area contributed by atoms with Crippen molar-refractivity contribution < 1.29 is 14.3 Å². The molecule has 1 N–H and O–H groups in total. The summed E-state index contributed by atoms with van der Waals surface area (Å²) in [5.41, 5.74) is 1.11. The van der Waals surface area contributed by atoms with E-state index >= 15 is 0 Å². The van der Waals surface area contributed by atoms with Gasteiger partial charge in [0.05, 0.1) is 24.5 Å². The Kier molecular flexibility index (Phi) is 3.62. The van der Waals surface area contributed by atoms with Crippen LogP contribution in [0, 0.1) is 11.8 Å². The summed E-state index contributed by atoms with van der Waals surface area (Å²) in [4.78, 5) is 31.8. The van der Waals surface area contributed by atoms with Crippen LogP contribution in [-0.2, 0) is 20.9 Å². The van der Waals surface area contributed by atoms with Gasteiger partial charge in [0.1, 0.15) is 5.60 Å². The molecule has 3 aliphatic rings. The molecule has 6 heteroatoms. The molecule has 2 bridgehead atoms. The van der Waals surface area contributed by atoms with Crippen LogP contribution in [0.1, 0.15) is 5.56 Å². The van der Waals surface area contributed by atoms with E-state index in [1.807, 2.05) is 54.6 Å². The summed E-state index contributed by atoms with van der Waals surface area (Å²) >= 11 is 0. The molecule has 1 aromatic carbocycles. The van der Waals surface area contributed by atoms with Crippen molar-refractivity contribution in [3.8, 4) is 0 Å². The highest BCUT2D eigenvalue weighted by Gasteiger charge is 2.66. The summed E-state index contributed by atoms with van der Waals surface area (Å²) < 4.78 is 6.15. The third-order valence-corrected chi connectivity index (χ3v) is 5.69. The molecule has 1 spiro atoms. The fourth-order valence-electron chi connectivity index (χ4n) is 4.43. The molecule has 0 radical (unpaired) electrons. The first-order chi connectivity index (χ1) is 13.2. The van der Waals surface area contributed by atoms with Gasteiger partial charge in [0.25, 0.3) is 0 Å². The second kappa shape index (κ2) is 6.03. The first-order valence-corrected chi connectivity index (χ1v) is 9.08. The highest BCUT2D eigenvalue weighted by atomic mass is 16.5. The lowest BCUT2D eigenvalue weighted by molar-refractivity contribution is -0.132. The van der Waals surface area contributed by atoms with Gasteiger partial charge in [0.2, 0.25) is 11.8 Å². The molecule has 0 unspecified atom stereocenters. The number of aromatic nitrogens is 1. The first-order valence-electron chi connectivity index (χ1n) is 9.08. The maximum atomic E-state index is 13.2. The zero-order chi connectivity index (χ0) is 18.4. The number of fused-ring (bicyclic) bond motifs is 1. The van der Waals surface area contributed by atoms with Crippen LogP contribution in [0.2, 0.25) is 0 Å². The van der Waals surface area contributed by atoms with E-state index in [2.05, 4.69) is 10.3 Å². The minimum absolute atomic E-state index is 0.0443. The van der Waals surface area contributed by atoms with Gasteiger partial charge in [-0.15, -0.1) is 0 Å². The summed E-state index contributed by atoms with van der Waals surface area (Å²) in [6, 6.07) is 13.3. The van der Waals surface area contributed by atoms with Gasteiger partial charge in [-0.3, -0.25) is 14.6 Å². The van der Waals surface area contributed by atoms with Crippen LogP contribution < -0.4 is 10.2 Å². The molecule has 0 saturated carbocycles. The van der Waals surface area contributed by atoms with E-state index in [1.54, 1.807) is 17.3 Å². The first kappa shape index (κ1) is 16.2. The number of benzene rings is 1. The Bertz CT molecular complexity index is 915. The smallest absolute Gasteiger partial charge is 0.234 e. The molecule has 27 heavy (non-hydrogen) atoms. The van der Waals surface area contributed by atoms with Gasteiger partial charge in [-0.25, -0.2) is 0 Å². The SMILES string of the molecule is O=C(NCc1ccncc1)[C@@H]1[C@H]2C=C[C@]3(CN(c4ccccc4)C(=O)[C@@H]13)O2. The van der Waals surface area contributed by atoms with Gasteiger partial charge >= 0.3 is 0 Å². The highest BCUT2D eigenvalue weighted by molar-refractivity contribution is 6.03. The van der Waals surface area contributed by atoms with Crippen LogP contribution in [0.25, 0.3) is 0 Å². The zero-order valence-corrected chi connectivity index (χ0v) is 14.6. The number of carbonyl (C=O) groups is 2. The third-order valence-electron chi connectivity index (χ3n) is 5.69. The van der Waals surface area contributed by atoms with Crippen LogP contribution in [0.15, 0.2) is 67.0 Å². The molecule has 2 saturated heterocycles. The molecule has 3 aliphatic heterocycles. The summed E-state index contributed by atoms with van der Waals surface area (Å²) in [5, 5.41) is 2.96. The van der Waals surface area contributed by atoms with E-state index in [0.717, 1.165) is 11.3 Å². The number of nitrogens with zero attached hydrogens (tertiary/aromatic N) is 2. The fourth-order valence-corrected chi connectivity index (χ4v) is 4.43. The maximum Gasteiger partial charge on any atom is 0.234 e. The summed E-state index contributed by atoms with van der Waals surface area (Å²) in [5.74, 6) is -1.17. The molecule has 136 valence electrons. The Morgan fingerprint density at radius 1 is 1.22 bits per heavy atom. The topological polar surface area (TPSA) is 71.5 Å². The van der Waals surface area contributed by atoms with E-state index in [0.29, 0.717) is 13.1 Å². The van der Waals surface area contributed by atoms with Crippen LogP contribution >= 0.6 is 0 Å². The van der Waals surface area contributed by atoms with Crippen molar-refractivity contribution in [3.63, 3.8) is 0 Å². The number of hydrogen-bond acceptors (Lipinski definition) is 4. The number of nitrogens with one attached hydrogen (secondary N) is 1. The Morgan fingerprint density at radius 3 is 2.78 bits per heavy atom. The number of para-hydroxylation sites is 1. The number of amides is 2. The molecule has 2 fully saturated rings. The summed E-state index contributed by atoms with van der Waals surface area (Å²) in [6.07, 6.45) is 6.94. The van der Waals surface area contributed by atoms with E-state index in [-0.39, 0.29) is 17.9 Å². The standard InChI is InChI=1S/C21H19N3O3/c25-19(23-12-14-7-10-22-11-8-14)17-16-6-9-21(27-16)13-24(20(26)18(17)21)15-4-2-1-3-5-15/h1-11,16-18H,12-13H2,(H,23,25)/t16-,17-,18-,21-/m1/s1. The van der Waals surface area contributed by atoms with E-state index < -0.39 is 17.4 Å². The minimum Gasteiger partial charge on any atom is -0.360 e. The molecule has 5 rings (SSSR count). The van der Waals surface area contributed by atoms with Crippen LogP contribution in [0.5, 0.6) is 0 Å². The number of carbonyl (C=O) groups excluding carboxylic acids is 2. The van der Waals surface area contributed by atoms with Gasteiger partial charge in [-0.2, -0.15) is 0 Å². The van der Waals surface area contributed by atoms with Gasteiger partial charge in [-0.05, 0) is 29.8 Å². The van der Waals surface area contributed by atoms with Crippen molar-refractivity contribution in [2.75, 3.05) is 11.4 Å². The van der Waals surface area contributed by atoms with Crippen LogP contribution in [0.3, 0.4) is 0 Å². The number of ether oxygens (including phenoxy) is 1. The number of rotatable bonds is 4. The Hall–Kier alpha value is -2.99. The van der Waals surface area contributed by atoms with Gasteiger partial charge in [-0.1, -0.05) is 30.4 Å². The lowest BCUT2D eigenvalue weighted by Gasteiger charge is -2.23. The maximum absolute atomic E-state index is 13.2. The van der Waals surface area contributed by atoms with Crippen molar-refractivity contribution in [1.82, 2.24) is 10.3 Å². The molecular weight excluding hydrogens is 342 g/mol.